The van der Waals surface area contributed by atoms with E-state index < -0.39 is 12.0 Å². The molecule has 2 heterocycles. The second-order valence-electron chi connectivity index (χ2n) is 6.41. The molecule has 2 aromatic rings. The van der Waals surface area contributed by atoms with Crippen LogP contribution in [0.15, 0.2) is 22.7 Å². The van der Waals surface area contributed by atoms with Crippen molar-refractivity contribution in [2.24, 2.45) is 0 Å². The number of halogens is 1. The van der Waals surface area contributed by atoms with Crippen LogP contribution in [0.4, 0.5) is 4.39 Å². The van der Waals surface area contributed by atoms with Crippen LogP contribution in [0.3, 0.4) is 0 Å². The first-order valence-corrected chi connectivity index (χ1v) is 8.57. The van der Waals surface area contributed by atoms with Gasteiger partial charge in [0.2, 0.25) is 17.6 Å². The predicted molar refractivity (Wildman–Crippen MR) is 89.7 cm³/mol. The summed E-state index contributed by atoms with van der Waals surface area (Å²) in [5.74, 6) is -0.881. The van der Waals surface area contributed by atoms with Crippen LogP contribution in [0.2, 0.25) is 0 Å². The average Bonchev–Trinajstić information content (AvgIpc) is 3.11. The fraction of sp³-hybridized carbons (Fsp3) is 0.444. The first-order chi connectivity index (χ1) is 12.5. The fourth-order valence-electron chi connectivity index (χ4n) is 3.10. The molecule has 7 nitrogen and oxygen atoms in total. The third-order valence-electron chi connectivity index (χ3n) is 4.55. The van der Waals surface area contributed by atoms with Crippen molar-refractivity contribution < 1.29 is 23.6 Å². The minimum atomic E-state index is -0.968. The fourth-order valence-corrected chi connectivity index (χ4v) is 3.10. The Morgan fingerprint density at radius 3 is 2.92 bits per heavy atom. The highest BCUT2D eigenvalue weighted by molar-refractivity contribution is 5.84. The molecule has 1 aliphatic heterocycles. The number of carbonyl (C=O) groups is 2. The van der Waals surface area contributed by atoms with Crippen LogP contribution in [0.25, 0.3) is 11.4 Å². The number of amides is 1. The molecule has 0 spiro atoms. The molecule has 1 atom stereocenters. The molecule has 3 rings (SSSR count). The van der Waals surface area contributed by atoms with Gasteiger partial charge in [-0.3, -0.25) is 4.79 Å². The molecule has 1 fully saturated rings. The van der Waals surface area contributed by atoms with Crippen molar-refractivity contribution in [1.82, 2.24) is 15.0 Å². The summed E-state index contributed by atoms with van der Waals surface area (Å²) in [6.07, 6.45) is 2.44. The topological polar surface area (TPSA) is 96.5 Å². The van der Waals surface area contributed by atoms with Crippen LogP contribution in [-0.2, 0) is 16.0 Å². The highest BCUT2D eigenvalue weighted by atomic mass is 19.1. The molecule has 0 bridgehead atoms. The van der Waals surface area contributed by atoms with E-state index >= 15 is 0 Å². The molecule has 1 aromatic carbocycles. The van der Waals surface area contributed by atoms with E-state index in [4.69, 9.17) is 4.52 Å². The van der Waals surface area contributed by atoms with E-state index in [1.54, 1.807) is 19.1 Å². The van der Waals surface area contributed by atoms with Gasteiger partial charge in [0.15, 0.2) is 0 Å². The number of benzene rings is 1. The molecule has 1 saturated heterocycles. The Morgan fingerprint density at radius 1 is 1.38 bits per heavy atom. The predicted octanol–water partition coefficient (Wildman–Crippen LogP) is 2.58. The average molecular weight is 361 g/mol. The Bertz CT molecular complexity index is 821. The number of carbonyl (C=O) groups excluding carboxylic acids is 1. The molecule has 26 heavy (non-hydrogen) atoms. The smallest absolute Gasteiger partial charge is 0.326 e. The third kappa shape index (κ3) is 3.89. The number of hydrogen-bond donors (Lipinski definition) is 1. The van der Waals surface area contributed by atoms with Crippen LogP contribution >= 0.6 is 0 Å². The Morgan fingerprint density at radius 2 is 2.19 bits per heavy atom. The third-order valence-corrected chi connectivity index (χ3v) is 4.55. The Kier molecular flexibility index (Phi) is 5.29. The summed E-state index contributed by atoms with van der Waals surface area (Å²) in [4.78, 5) is 29.3. The maximum atomic E-state index is 13.3. The quantitative estimate of drug-likeness (QED) is 0.879. The number of aromatic nitrogens is 2. The molecule has 8 heteroatoms. The van der Waals surface area contributed by atoms with Gasteiger partial charge in [-0.2, -0.15) is 4.98 Å². The molecule has 1 aliphatic rings. The molecule has 1 unspecified atom stereocenters. The number of aryl methyl sites for hydroxylation is 2. The standard InChI is InChI=1S/C18H20FN3O4/c1-11-10-12(5-6-13(11)19)17-20-15(26-21-17)7-8-16(23)22-9-3-2-4-14(22)18(24)25/h5-6,10,14H,2-4,7-9H2,1H3,(H,24,25). The molecule has 0 saturated carbocycles. The zero-order chi connectivity index (χ0) is 18.7. The maximum Gasteiger partial charge on any atom is 0.326 e. The van der Waals surface area contributed by atoms with Crippen LogP contribution in [-0.4, -0.2) is 44.6 Å². The zero-order valence-corrected chi connectivity index (χ0v) is 14.4. The van der Waals surface area contributed by atoms with Gasteiger partial charge in [-0.15, -0.1) is 0 Å². The summed E-state index contributed by atoms with van der Waals surface area (Å²) in [6.45, 7) is 2.11. The first-order valence-electron chi connectivity index (χ1n) is 8.57. The first kappa shape index (κ1) is 18.0. The lowest BCUT2D eigenvalue weighted by molar-refractivity contribution is -0.152. The van der Waals surface area contributed by atoms with Crippen molar-refractivity contribution in [2.45, 2.75) is 45.1 Å². The number of carboxylic acid groups (broad SMARTS) is 1. The van der Waals surface area contributed by atoms with E-state index in [9.17, 15) is 19.1 Å². The van der Waals surface area contributed by atoms with Crippen molar-refractivity contribution >= 4 is 11.9 Å². The van der Waals surface area contributed by atoms with E-state index in [1.807, 2.05) is 0 Å². The summed E-state index contributed by atoms with van der Waals surface area (Å²) >= 11 is 0. The van der Waals surface area contributed by atoms with E-state index in [1.165, 1.54) is 11.0 Å². The molecule has 1 aromatic heterocycles. The largest absolute Gasteiger partial charge is 0.480 e. The van der Waals surface area contributed by atoms with E-state index in [0.29, 0.717) is 35.8 Å². The van der Waals surface area contributed by atoms with Crippen molar-refractivity contribution in [3.8, 4) is 11.4 Å². The molecule has 1 N–H and O–H groups in total. The summed E-state index contributed by atoms with van der Waals surface area (Å²) in [6, 6.07) is 3.77. The summed E-state index contributed by atoms with van der Waals surface area (Å²) in [5.41, 5.74) is 1.11. The van der Waals surface area contributed by atoms with Crippen molar-refractivity contribution in [1.29, 1.82) is 0 Å². The van der Waals surface area contributed by atoms with E-state index in [-0.39, 0.29) is 24.6 Å². The van der Waals surface area contributed by atoms with Crippen LogP contribution < -0.4 is 0 Å². The summed E-state index contributed by atoms with van der Waals surface area (Å²) < 4.78 is 18.5. The van der Waals surface area contributed by atoms with Gasteiger partial charge in [-0.05, 0) is 49.9 Å². The minimum absolute atomic E-state index is 0.105. The Labute approximate surface area is 149 Å². The van der Waals surface area contributed by atoms with Gasteiger partial charge in [0, 0.05) is 24.9 Å². The minimum Gasteiger partial charge on any atom is -0.480 e. The van der Waals surface area contributed by atoms with Gasteiger partial charge in [-0.25, -0.2) is 9.18 Å². The van der Waals surface area contributed by atoms with Gasteiger partial charge < -0.3 is 14.5 Å². The molecule has 138 valence electrons. The Balaban J connectivity index is 1.63. The van der Waals surface area contributed by atoms with Crippen molar-refractivity contribution in [3.05, 3.63) is 35.5 Å². The lowest BCUT2D eigenvalue weighted by Gasteiger charge is -2.32. The number of rotatable bonds is 5. The van der Waals surface area contributed by atoms with Crippen LogP contribution in [0, 0.1) is 12.7 Å². The number of carboxylic acids is 1. The molecular formula is C18H20FN3O4. The normalized spacial score (nSPS) is 17.3. The molecule has 0 aliphatic carbocycles. The highest BCUT2D eigenvalue weighted by Crippen LogP contribution is 2.21. The monoisotopic (exact) mass is 361 g/mol. The highest BCUT2D eigenvalue weighted by Gasteiger charge is 2.31. The maximum absolute atomic E-state index is 13.3. The van der Waals surface area contributed by atoms with Crippen molar-refractivity contribution in [2.75, 3.05) is 6.54 Å². The second kappa shape index (κ2) is 7.63. The van der Waals surface area contributed by atoms with Crippen molar-refractivity contribution in [3.63, 3.8) is 0 Å². The molecule has 0 radical (unpaired) electrons. The SMILES string of the molecule is Cc1cc(-c2noc(CCC(=O)N3CCCCC3C(=O)O)n2)ccc1F. The second-order valence-corrected chi connectivity index (χ2v) is 6.41. The zero-order valence-electron chi connectivity index (χ0n) is 14.4. The van der Waals surface area contributed by atoms with Crippen LogP contribution in [0.1, 0.15) is 37.1 Å². The van der Waals surface area contributed by atoms with Crippen LogP contribution in [0.5, 0.6) is 0 Å². The van der Waals surface area contributed by atoms with Gasteiger partial charge in [0.05, 0.1) is 0 Å². The van der Waals surface area contributed by atoms with Gasteiger partial charge in [0.1, 0.15) is 11.9 Å². The molecule has 1 amide bonds. The Hall–Kier alpha value is -2.77. The summed E-state index contributed by atoms with van der Waals surface area (Å²) in [7, 11) is 0. The number of likely N-dealkylation sites (tertiary alicyclic amines) is 1. The number of hydrogen-bond acceptors (Lipinski definition) is 5. The number of piperidine rings is 1. The van der Waals surface area contributed by atoms with E-state index in [0.717, 1.165) is 12.8 Å². The lowest BCUT2D eigenvalue weighted by atomic mass is 10.0. The van der Waals surface area contributed by atoms with Gasteiger partial charge in [0.25, 0.3) is 0 Å². The summed E-state index contributed by atoms with van der Waals surface area (Å²) in [5, 5.41) is 13.1. The van der Waals surface area contributed by atoms with E-state index in [2.05, 4.69) is 10.1 Å². The lowest BCUT2D eigenvalue weighted by Crippen LogP contribution is -2.48. The van der Waals surface area contributed by atoms with Gasteiger partial charge >= 0.3 is 5.97 Å². The molecular weight excluding hydrogens is 341 g/mol. The number of nitrogens with zero attached hydrogens (tertiary/aromatic N) is 3. The number of aliphatic carboxylic acids is 1. The van der Waals surface area contributed by atoms with Gasteiger partial charge in [-0.1, -0.05) is 5.16 Å².